The van der Waals surface area contributed by atoms with Crippen LogP contribution in [0.5, 0.6) is 5.75 Å². The molecule has 0 radical (unpaired) electrons. The van der Waals surface area contributed by atoms with Gasteiger partial charge in [-0.2, -0.15) is 0 Å². The Labute approximate surface area is 89.6 Å². The first-order chi connectivity index (χ1) is 7.26. The molecule has 0 heterocycles. The van der Waals surface area contributed by atoms with Gasteiger partial charge in [0.15, 0.2) is 6.61 Å². The summed E-state index contributed by atoms with van der Waals surface area (Å²) >= 11 is 0. The molecule has 0 saturated heterocycles. The predicted octanol–water partition coefficient (Wildman–Crippen LogP) is 0.531. The van der Waals surface area contributed by atoms with Crippen LogP contribution in [0, 0.1) is 0 Å². The molecule has 0 spiro atoms. The third-order valence-corrected chi connectivity index (χ3v) is 1.95. The van der Waals surface area contributed by atoms with Gasteiger partial charge in [-0.05, 0) is 24.7 Å². The molecule has 1 amide bonds. The first kappa shape index (κ1) is 11.5. The van der Waals surface area contributed by atoms with Gasteiger partial charge in [-0.15, -0.1) is 0 Å². The van der Waals surface area contributed by atoms with Crippen molar-refractivity contribution in [1.29, 1.82) is 0 Å². The van der Waals surface area contributed by atoms with Crippen molar-refractivity contribution in [2.75, 3.05) is 20.7 Å². The Morgan fingerprint density at radius 3 is 2.47 bits per heavy atom. The first-order valence-electron chi connectivity index (χ1n) is 4.83. The van der Waals surface area contributed by atoms with Crippen molar-refractivity contribution in [3.05, 3.63) is 29.8 Å². The zero-order chi connectivity index (χ0) is 11.1. The SMILES string of the molecule is CNCc1ccc(OCC(=O)NC)cc1. The van der Waals surface area contributed by atoms with E-state index in [2.05, 4.69) is 10.6 Å². The Balaban J connectivity index is 2.45. The van der Waals surface area contributed by atoms with Crippen LogP contribution in [0.2, 0.25) is 0 Å². The minimum Gasteiger partial charge on any atom is -0.484 e. The van der Waals surface area contributed by atoms with E-state index < -0.39 is 0 Å². The Bertz CT molecular complexity index is 309. The summed E-state index contributed by atoms with van der Waals surface area (Å²) in [6, 6.07) is 7.65. The van der Waals surface area contributed by atoms with Crippen molar-refractivity contribution >= 4 is 5.91 Å². The lowest BCUT2D eigenvalue weighted by molar-refractivity contribution is -0.122. The minimum atomic E-state index is -0.130. The summed E-state index contributed by atoms with van der Waals surface area (Å²) in [5, 5.41) is 5.55. The maximum absolute atomic E-state index is 10.9. The lowest BCUT2D eigenvalue weighted by atomic mass is 10.2. The van der Waals surface area contributed by atoms with Crippen molar-refractivity contribution < 1.29 is 9.53 Å². The van der Waals surface area contributed by atoms with Gasteiger partial charge in [0.1, 0.15) is 5.75 Å². The molecule has 2 N–H and O–H groups in total. The summed E-state index contributed by atoms with van der Waals surface area (Å²) in [5.74, 6) is 0.577. The molecule has 0 bridgehead atoms. The first-order valence-corrected chi connectivity index (χ1v) is 4.83. The molecule has 1 rings (SSSR count). The van der Waals surface area contributed by atoms with Crippen LogP contribution in [0.25, 0.3) is 0 Å². The standard InChI is InChI=1S/C11H16N2O2/c1-12-7-9-3-5-10(6-4-9)15-8-11(14)13-2/h3-6,12H,7-8H2,1-2H3,(H,13,14). The fraction of sp³-hybridized carbons (Fsp3) is 0.364. The molecule has 0 aliphatic heterocycles. The smallest absolute Gasteiger partial charge is 0.257 e. The molecule has 1 aromatic carbocycles. The molecule has 1 aromatic rings. The number of rotatable bonds is 5. The molecule has 4 nitrogen and oxygen atoms in total. The second-order valence-electron chi connectivity index (χ2n) is 3.14. The van der Waals surface area contributed by atoms with Gasteiger partial charge in [0.2, 0.25) is 0 Å². The van der Waals surface area contributed by atoms with E-state index in [1.165, 1.54) is 5.56 Å². The average molecular weight is 208 g/mol. The molecule has 0 aliphatic carbocycles. The van der Waals surface area contributed by atoms with Gasteiger partial charge >= 0.3 is 0 Å². The molecule has 82 valence electrons. The zero-order valence-corrected chi connectivity index (χ0v) is 9.04. The van der Waals surface area contributed by atoms with Crippen molar-refractivity contribution in [3.8, 4) is 5.75 Å². The van der Waals surface area contributed by atoms with Crippen LogP contribution in [-0.4, -0.2) is 26.6 Å². The Morgan fingerprint density at radius 1 is 1.27 bits per heavy atom. The van der Waals surface area contributed by atoms with E-state index in [1.54, 1.807) is 7.05 Å². The van der Waals surface area contributed by atoms with Crippen LogP contribution in [0.15, 0.2) is 24.3 Å². The number of amides is 1. The van der Waals surface area contributed by atoms with E-state index in [4.69, 9.17) is 4.74 Å². The highest BCUT2D eigenvalue weighted by Gasteiger charge is 1.99. The van der Waals surface area contributed by atoms with Gasteiger partial charge in [-0.1, -0.05) is 12.1 Å². The molecule has 0 aromatic heterocycles. The number of ether oxygens (including phenoxy) is 1. The van der Waals surface area contributed by atoms with Gasteiger partial charge in [-0.25, -0.2) is 0 Å². The van der Waals surface area contributed by atoms with E-state index in [0.717, 1.165) is 6.54 Å². The molecule has 4 heteroatoms. The van der Waals surface area contributed by atoms with E-state index in [9.17, 15) is 4.79 Å². The summed E-state index contributed by atoms with van der Waals surface area (Å²) in [7, 11) is 3.48. The van der Waals surface area contributed by atoms with E-state index in [-0.39, 0.29) is 12.5 Å². The quantitative estimate of drug-likeness (QED) is 0.742. The third kappa shape index (κ3) is 3.99. The molecule has 0 unspecified atom stereocenters. The lowest BCUT2D eigenvalue weighted by Gasteiger charge is -2.06. The highest BCUT2D eigenvalue weighted by molar-refractivity contribution is 5.77. The Morgan fingerprint density at radius 2 is 1.93 bits per heavy atom. The largest absolute Gasteiger partial charge is 0.484 e. The van der Waals surface area contributed by atoms with Crippen LogP contribution in [-0.2, 0) is 11.3 Å². The van der Waals surface area contributed by atoms with Gasteiger partial charge in [0, 0.05) is 13.6 Å². The third-order valence-electron chi connectivity index (χ3n) is 1.95. The number of benzene rings is 1. The molecule has 0 saturated carbocycles. The van der Waals surface area contributed by atoms with Crippen LogP contribution in [0.1, 0.15) is 5.56 Å². The van der Waals surface area contributed by atoms with Crippen LogP contribution < -0.4 is 15.4 Å². The van der Waals surface area contributed by atoms with E-state index >= 15 is 0 Å². The van der Waals surface area contributed by atoms with Gasteiger partial charge in [0.05, 0.1) is 0 Å². The van der Waals surface area contributed by atoms with Crippen LogP contribution in [0.3, 0.4) is 0 Å². The number of carbonyl (C=O) groups is 1. The number of hydrogen-bond donors (Lipinski definition) is 2. The fourth-order valence-electron chi connectivity index (χ4n) is 1.13. The molecule has 0 fully saturated rings. The maximum Gasteiger partial charge on any atom is 0.257 e. The fourth-order valence-corrected chi connectivity index (χ4v) is 1.13. The summed E-state index contributed by atoms with van der Waals surface area (Å²) in [6.45, 7) is 0.887. The van der Waals surface area contributed by atoms with Crippen molar-refractivity contribution in [2.24, 2.45) is 0 Å². The van der Waals surface area contributed by atoms with Gasteiger partial charge < -0.3 is 15.4 Å². The van der Waals surface area contributed by atoms with Gasteiger partial charge in [0.25, 0.3) is 5.91 Å². The second-order valence-corrected chi connectivity index (χ2v) is 3.14. The molecular weight excluding hydrogens is 192 g/mol. The number of hydrogen-bond acceptors (Lipinski definition) is 3. The average Bonchev–Trinajstić information content (AvgIpc) is 2.28. The van der Waals surface area contributed by atoms with Crippen molar-refractivity contribution in [2.45, 2.75) is 6.54 Å². The predicted molar refractivity (Wildman–Crippen MR) is 58.8 cm³/mol. The summed E-state index contributed by atoms with van der Waals surface area (Å²) < 4.78 is 5.26. The number of nitrogens with one attached hydrogen (secondary N) is 2. The Hall–Kier alpha value is -1.55. The van der Waals surface area contributed by atoms with Gasteiger partial charge in [-0.3, -0.25) is 4.79 Å². The minimum absolute atomic E-state index is 0.0574. The molecule has 15 heavy (non-hydrogen) atoms. The molecule has 0 atom stereocenters. The number of carbonyl (C=O) groups excluding carboxylic acids is 1. The normalized spacial score (nSPS) is 9.73. The van der Waals surface area contributed by atoms with Crippen molar-refractivity contribution in [1.82, 2.24) is 10.6 Å². The Kier molecular flexibility index (Phi) is 4.63. The summed E-state index contributed by atoms with van der Waals surface area (Å²) in [4.78, 5) is 10.9. The van der Waals surface area contributed by atoms with Crippen molar-refractivity contribution in [3.63, 3.8) is 0 Å². The maximum atomic E-state index is 10.9. The lowest BCUT2D eigenvalue weighted by Crippen LogP contribution is -2.24. The summed E-state index contributed by atoms with van der Waals surface area (Å²) in [6.07, 6.45) is 0. The topological polar surface area (TPSA) is 50.4 Å². The molecule has 0 aliphatic rings. The highest BCUT2D eigenvalue weighted by Crippen LogP contribution is 2.11. The highest BCUT2D eigenvalue weighted by atomic mass is 16.5. The van der Waals surface area contributed by atoms with E-state index in [1.807, 2.05) is 31.3 Å². The molecular formula is C11H16N2O2. The number of likely N-dealkylation sites (N-methyl/N-ethyl adjacent to an activating group) is 1. The van der Waals surface area contributed by atoms with E-state index in [0.29, 0.717) is 5.75 Å². The second kappa shape index (κ2) is 6.03. The summed E-state index contributed by atoms with van der Waals surface area (Å²) in [5.41, 5.74) is 1.18. The van der Waals surface area contributed by atoms with Crippen LogP contribution in [0.4, 0.5) is 0 Å². The zero-order valence-electron chi connectivity index (χ0n) is 9.04. The van der Waals surface area contributed by atoms with Crippen LogP contribution >= 0.6 is 0 Å². The monoisotopic (exact) mass is 208 g/mol.